The van der Waals surface area contributed by atoms with Crippen LogP contribution in [0.25, 0.3) is 22.2 Å². The predicted octanol–water partition coefficient (Wildman–Crippen LogP) is -0.301. The molecule has 0 bridgehead atoms. The number of aromatic nitrogens is 5. The monoisotopic (exact) mass is 173 g/mol. The number of nitrogens with one attached hydrogen (secondary N) is 1. The Labute approximate surface area is 71.0 Å². The van der Waals surface area contributed by atoms with Gasteiger partial charge in [-0.2, -0.15) is 9.97 Å². The first-order valence-electron chi connectivity index (χ1n) is 3.66. The van der Waals surface area contributed by atoms with E-state index < -0.39 is 5.69 Å². The number of hydrogen-bond donors (Lipinski definition) is 1. The number of pyridine rings is 1. The van der Waals surface area contributed by atoms with E-state index >= 15 is 0 Å². The third kappa shape index (κ3) is 0.738. The summed E-state index contributed by atoms with van der Waals surface area (Å²) in [7, 11) is 0. The summed E-state index contributed by atoms with van der Waals surface area (Å²) in [5.74, 6) is 0. The van der Waals surface area contributed by atoms with Crippen molar-refractivity contribution in [1.82, 2.24) is 25.1 Å². The van der Waals surface area contributed by atoms with E-state index in [0.717, 1.165) is 0 Å². The van der Waals surface area contributed by atoms with Gasteiger partial charge in [-0.15, -0.1) is 10.2 Å². The summed E-state index contributed by atoms with van der Waals surface area (Å²) in [5.41, 5.74) is 0.986. The topological polar surface area (TPSA) is 84.4 Å². The van der Waals surface area contributed by atoms with Crippen molar-refractivity contribution >= 4 is 22.2 Å². The molecule has 0 aliphatic carbocycles. The van der Waals surface area contributed by atoms with Crippen LogP contribution in [0.3, 0.4) is 0 Å². The largest absolute Gasteiger partial charge is 0.371 e. The summed E-state index contributed by atoms with van der Waals surface area (Å²) in [4.78, 5) is 21.1. The van der Waals surface area contributed by atoms with Gasteiger partial charge in [0.25, 0.3) is 0 Å². The standard InChI is InChI=1S/C7H3N5O/c13-7-9-5-4-3(1-2-8-5)11-12-6(4)10-7/h1-2H,(H,8,9,10,13). The lowest BCUT2D eigenvalue weighted by molar-refractivity contribution is 1.08. The molecule has 0 aromatic carbocycles. The quantitative estimate of drug-likeness (QED) is 0.504. The number of aromatic amines is 1. The van der Waals surface area contributed by atoms with Gasteiger partial charge < -0.3 is 4.98 Å². The average molecular weight is 173 g/mol. The van der Waals surface area contributed by atoms with E-state index in [1.165, 1.54) is 0 Å². The van der Waals surface area contributed by atoms with Crippen LogP contribution in [0.4, 0.5) is 0 Å². The normalized spacial score (nSPS) is 11.4. The van der Waals surface area contributed by atoms with Gasteiger partial charge in [-0.25, -0.2) is 4.79 Å². The summed E-state index contributed by atoms with van der Waals surface area (Å²) >= 11 is 0. The van der Waals surface area contributed by atoms with Gasteiger partial charge in [0.05, 0.1) is 5.39 Å². The first-order chi connectivity index (χ1) is 6.34. The number of rotatable bonds is 0. The van der Waals surface area contributed by atoms with Gasteiger partial charge in [0.2, 0.25) is 0 Å². The second kappa shape index (κ2) is 1.98. The van der Waals surface area contributed by atoms with Gasteiger partial charge in [-0.3, -0.25) is 0 Å². The molecular weight excluding hydrogens is 170 g/mol. The molecule has 0 spiro atoms. The average Bonchev–Trinajstić information content (AvgIpc) is 2.50. The molecule has 3 rings (SSSR count). The van der Waals surface area contributed by atoms with Crippen LogP contribution in [0, 0.1) is 0 Å². The maximum atomic E-state index is 10.9. The molecule has 6 heteroatoms. The van der Waals surface area contributed by atoms with Crippen molar-refractivity contribution < 1.29 is 0 Å². The van der Waals surface area contributed by atoms with Crippen molar-refractivity contribution in [2.45, 2.75) is 0 Å². The molecule has 0 amide bonds. The SMILES string of the molecule is O=c1nc2nnc3cc[nH]c(n1)c32. The first kappa shape index (κ1) is 6.41. The van der Waals surface area contributed by atoms with E-state index in [1.807, 2.05) is 0 Å². The molecule has 0 radical (unpaired) electrons. The van der Waals surface area contributed by atoms with Gasteiger partial charge in [-0.05, 0) is 6.07 Å². The lowest BCUT2D eigenvalue weighted by Crippen LogP contribution is -2.10. The highest BCUT2D eigenvalue weighted by molar-refractivity contribution is 6.01. The fraction of sp³-hybridized carbons (Fsp3) is 0. The van der Waals surface area contributed by atoms with Crippen LogP contribution in [0.2, 0.25) is 0 Å². The third-order valence-electron chi connectivity index (χ3n) is 1.84. The molecule has 3 aromatic heterocycles. The number of hydrogen-bond acceptors (Lipinski definition) is 5. The fourth-order valence-corrected chi connectivity index (χ4v) is 1.31. The minimum absolute atomic E-state index is 0.349. The van der Waals surface area contributed by atoms with E-state index in [4.69, 9.17) is 0 Å². The molecule has 0 saturated carbocycles. The Morgan fingerprint density at radius 2 is 2.15 bits per heavy atom. The molecule has 1 N–H and O–H groups in total. The van der Waals surface area contributed by atoms with E-state index in [0.29, 0.717) is 22.2 Å². The van der Waals surface area contributed by atoms with Crippen molar-refractivity contribution in [3.05, 3.63) is 22.7 Å². The summed E-state index contributed by atoms with van der Waals surface area (Å²) in [6, 6.07) is 1.76. The maximum Gasteiger partial charge on any atom is 0.371 e. The molecule has 0 unspecified atom stereocenters. The zero-order valence-corrected chi connectivity index (χ0v) is 6.35. The molecule has 13 heavy (non-hydrogen) atoms. The van der Waals surface area contributed by atoms with Gasteiger partial charge in [-0.1, -0.05) is 0 Å². The lowest BCUT2D eigenvalue weighted by Gasteiger charge is -1.91. The van der Waals surface area contributed by atoms with Gasteiger partial charge in [0.1, 0.15) is 11.2 Å². The first-order valence-corrected chi connectivity index (χ1v) is 3.66. The second-order valence-corrected chi connectivity index (χ2v) is 2.62. The highest BCUT2D eigenvalue weighted by Gasteiger charge is 2.09. The fourth-order valence-electron chi connectivity index (χ4n) is 1.31. The van der Waals surface area contributed by atoms with Crippen LogP contribution in [0.5, 0.6) is 0 Å². The van der Waals surface area contributed by atoms with Crippen LogP contribution in [-0.2, 0) is 0 Å². The van der Waals surface area contributed by atoms with Gasteiger partial charge in [0.15, 0.2) is 5.65 Å². The highest BCUT2D eigenvalue weighted by atomic mass is 16.1. The van der Waals surface area contributed by atoms with Crippen LogP contribution < -0.4 is 5.69 Å². The molecule has 0 aliphatic heterocycles. The Hall–Kier alpha value is -2.11. The molecule has 0 saturated heterocycles. The molecule has 3 aromatic rings. The number of nitrogens with zero attached hydrogens (tertiary/aromatic N) is 4. The summed E-state index contributed by atoms with van der Waals surface area (Å²) in [5, 5.41) is 8.32. The van der Waals surface area contributed by atoms with Crippen LogP contribution in [0.1, 0.15) is 0 Å². The summed E-state index contributed by atoms with van der Waals surface area (Å²) in [6.45, 7) is 0. The smallest absolute Gasteiger partial charge is 0.346 e. The molecule has 0 aliphatic rings. The lowest BCUT2D eigenvalue weighted by atomic mass is 10.3. The van der Waals surface area contributed by atoms with Crippen molar-refractivity contribution in [2.75, 3.05) is 0 Å². The van der Waals surface area contributed by atoms with Crippen LogP contribution in [-0.4, -0.2) is 25.1 Å². The minimum atomic E-state index is -0.545. The minimum Gasteiger partial charge on any atom is -0.346 e. The molecule has 62 valence electrons. The van der Waals surface area contributed by atoms with Crippen molar-refractivity contribution in [1.29, 1.82) is 0 Å². The zero-order chi connectivity index (χ0) is 8.84. The van der Waals surface area contributed by atoms with Gasteiger partial charge in [0, 0.05) is 6.20 Å². The Balaban J connectivity index is 2.78. The predicted molar refractivity (Wildman–Crippen MR) is 44.4 cm³/mol. The zero-order valence-electron chi connectivity index (χ0n) is 6.35. The van der Waals surface area contributed by atoms with E-state index in [2.05, 4.69) is 25.1 Å². The van der Waals surface area contributed by atoms with Gasteiger partial charge >= 0.3 is 5.69 Å². The molecule has 0 fully saturated rings. The van der Waals surface area contributed by atoms with E-state index in [1.54, 1.807) is 12.3 Å². The van der Waals surface area contributed by atoms with Crippen molar-refractivity contribution in [3.8, 4) is 0 Å². The Bertz CT molecular complexity index is 631. The van der Waals surface area contributed by atoms with E-state index in [9.17, 15) is 4.79 Å². The summed E-state index contributed by atoms with van der Waals surface area (Å²) in [6.07, 6.45) is 1.66. The maximum absolute atomic E-state index is 10.9. The Kier molecular flexibility index (Phi) is 0.974. The molecule has 3 heterocycles. The van der Waals surface area contributed by atoms with Crippen molar-refractivity contribution in [2.24, 2.45) is 0 Å². The molecule has 0 atom stereocenters. The number of H-pyrrole nitrogens is 1. The Morgan fingerprint density at radius 3 is 3.08 bits per heavy atom. The Morgan fingerprint density at radius 1 is 1.23 bits per heavy atom. The summed E-state index contributed by atoms with van der Waals surface area (Å²) < 4.78 is 0. The van der Waals surface area contributed by atoms with Crippen molar-refractivity contribution in [3.63, 3.8) is 0 Å². The van der Waals surface area contributed by atoms with Crippen LogP contribution in [0.15, 0.2) is 17.1 Å². The second-order valence-electron chi connectivity index (χ2n) is 2.62. The molecule has 6 nitrogen and oxygen atoms in total. The van der Waals surface area contributed by atoms with Crippen LogP contribution >= 0.6 is 0 Å². The third-order valence-corrected chi connectivity index (χ3v) is 1.84. The highest BCUT2D eigenvalue weighted by Crippen LogP contribution is 2.16. The molecular formula is C7H3N5O. The van der Waals surface area contributed by atoms with E-state index in [-0.39, 0.29) is 0 Å².